The van der Waals surface area contributed by atoms with Crippen LogP contribution >= 0.6 is 24.0 Å². The van der Waals surface area contributed by atoms with E-state index in [4.69, 9.17) is 23.9 Å². The zero-order valence-corrected chi connectivity index (χ0v) is 21.0. The number of rotatable bonds is 10. The molecular weight excluding hydrogens is 497 g/mol. The number of halogens is 1. The predicted molar refractivity (Wildman–Crippen MR) is 130 cm³/mol. The highest BCUT2D eigenvalue weighted by atomic mass is 127. The minimum atomic E-state index is 0. The van der Waals surface area contributed by atoms with Gasteiger partial charge in [-0.3, -0.25) is 4.99 Å². The summed E-state index contributed by atoms with van der Waals surface area (Å²) in [6, 6.07) is 0. The molecule has 0 aromatic rings. The number of nitrogens with one attached hydrogen (secondary N) is 1. The third-order valence-corrected chi connectivity index (χ3v) is 5.95. The number of guanidine groups is 1. The largest absolute Gasteiger partial charge is 0.381 e. The van der Waals surface area contributed by atoms with Crippen LogP contribution in [0.3, 0.4) is 0 Å². The Morgan fingerprint density at radius 1 is 1.10 bits per heavy atom. The van der Waals surface area contributed by atoms with Crippen LogP contribution in [0.15, 0.2) is 4.99 Å². The lowest BCUT2D eigenvalue weighted by Gasteiger charge is -2.35. The molecule has 3 saturated heterocycles. The molecule has 0 amide bonds. The molecule has 3 heterocycles. The van der Waals surface area contributed by atoms with Gasteiger partial charge < -0.3 is 29.2 Å². The summed E-state index contributed by atoms with van der Waals surface area (Å²) in [6.07, 6.45) is 8.50. The second kappa shape index (κ2) is 15.6. The monoisotopic (exact) mass is 539 g/mol. The molecule has 176 valence electrons. The zero-order valence-electron chi connectivity index (χ0n) is 18.7. The molecule has 2 unspecified atom stereocenters. The van der Waals surface area contributed by atoms with Crippen molar-refractivity contribution in [1.29, 1.82) is 0 Å². The summed E-state index contributed by atoms with van der Waals surface area (Å²) in [4.78, 5) is 7.19. The van der Waals surface area contributed by atoms with Gasteiger partial charge in [0.1, 0.15) is 0 Å². The molecular formula is C22H42IN3O4. The fourth-order valence-corrected chi connectivity index (χ4v) is 4.16. The van der Waals surface area contributed by atoms with Gasteiger partial charge in [-0.05, 0) is 51.9 Å². The van der Waals surface area contributed by atoms with Crippen LogP contribution in [0.5, 0.6) is 0 Å². The molecule has 3 aliphatic rings. The average molecular weight is 539 g/mol. The first-order valence-electron chi connectivity index (χ1n) is 11.8. The maximum atomic E-state index is 6.14. The van der Waals surface area contributed by atoms with Gasteiger partial charge in [0.25, 0.3) is 0 Å². The van der Waals surface area contributed by atoms with E-state index >= 15 is 0 Å². The van der Waals surface area contributed by atoms with E-state index in [9.17, 15) is 0 Å². The van der Waals surface area contributed by atoms with E-state index in [0.717, 1.165) is 104 Å². The quantitative estimate of drug-likeness (QED) is 0.199. The lowest BCUT2D eigenvalue weighted by molar-refractivity contribution is -0.0721. The summed E-state index contributed by atoms with van der Waals surface area (Å²) in [5, 5.41) is 3.44. The molecule has 0 spiro atoms. The van der Waals surface area contributed by atoms with E-state index in [2.05, 4.69) is 17.1 Å². The number of hydrogen-bond acceptors (Lipinski definition) is 5. The van der Waals surface area contributed by atoms with Crippen molar-refractivity contribution < 1.29 is 18.9 Å². The Labute approximate surface area is 199 Å². The minimum Gasteiger partial charge on any atom is -0.381 e. The highest BCUT2D eigenvalue weighted by Gasteiger charge is 2.23. The van der Waals surface area contributed by atoms with Crippen LogP contribution in [-0.2, 0) is 18.9 Å². The Bertz CT molecular complexity index is 463. The number of hydrogen-bond donors (Lipinski definition) is 1. The predicted octanol–water partition coefficient (Wildman–Crippen LogP) is 3.06. The van der Waals surface area contributed by atoms with Crippen LogP contribution in [0.25, 0.3) is 0 Å². The van der Waals surface area contributed by atoms with Crippen molar-refractivity contribution in [2.45, 2.75) is 64.1 Å². The Morgan fingerprint density at radius 3 is 2.67 bits per heavy atom. The zero-order chi connectivity index (χ0) is 20.2. The summed E-state index contributed by atoms with van der Waals surface area (Å²) in [7, 11) is 0. The highest BCUT2D eigenvalue weighted by molar-refractivity contribution is 14.0. The van der Waals surface area contributed by atoms with Gasteiger partial charge in [0.15, 0.2) is 5.96 Å². The van der Waals surface area contributed by atoms with Gasteiger partial charge in [-0.15, -0.1) is 24.0 Å². The fourth-order valence-electron chi connectivity index (χ4n) is 4.16. The number of ether oxygens (including phenoxy) is 4. The number of likely N-dealkylation sites (tertiary alicyclic amines) is 1. The third-order valence-electron chi connectivity index (χ3n) is 5.95. The van der Waals surface area contributed by atoms with Crippen LogP contribution in [0.1, 0.15) is 51.9 Å². The van der Waals surface area contributed by atoms with Crippen molar-refractivity contribution in [2.75, 3.05) is 65.8 Å². The molecule has 3 aliphatic heterocycles. The number of aliphatic imine (C=N–C) groups is 1. The first-order chi connectivity index (χ1) is 14.3. The summed E-state index contributed by atoms with van der Waals surface area (Å²) in [5.74, 6) is 1.62. The van der Waals surface area contributed by atoms with E-state index in [0.29, 0.717) is 18.1 Å². The molecule has 0 aromatic heterocycles. The second-order valence-electron chi connectivity index (χ2n) is 8.40. The lowest BCUT2D eigenvalue weighted by Crippen LogP contribution is -2.47. The van der Waals surface area contributed by atoms with Crippen LogP contribution < -0.4 is 5.32 Å². The van der Waals surface area contributed by atoms with Crippen LogP contribution in [0.2, 0.25) is 0 Å². The van der Waals surface area contributed by atoms with E-state index in [1.54, 1.807) is 0 Å². The van der Waals surface area contributed by atoms with Gasteiger partial charge in [-0.2, -0.15) is 0 Å². The smallest absolute Gasteiger partial charge is 0.193 e. The molecule has 0 aromatic carbocycles. The van der Waals surface area contributed by atoms with E-state index in [-0.39, 0.29) is 24.0 Å². The minimum absolute atomic E-state index is 0. The van der Waals surface area contributed by atoms with Crippen LogP contribution in [-0.4, -0.2) is 88.9 Å². The second-order valence-corrected chi connectivity index (χ2v) is 8.40. The van der Waals surface area contributed by atoms with Crippen molar-refractivity contribution in [2.24, 2.45) is 10.9 Å². The van der Waals surface area contributed by atoms with Gasteiger partial charge in [0, 0.05) is 51.9 Å². The van der Waals surface area contributed by atoms with Gasteiger partial charge in [-0.1, -0.05) is 0 Å². The topological polar surface area (TPSA) is 64.6 Å². The van der Waals surface area contributed by atoms with Crippen molar-refractivity contribution in [3.05, 3.63) is 0 Å². The van der Waals surface area contributed by atoms with Gasteiger partial charge in [0.05, 0.1) is 32.0 Å². The normalized spacial score (nSPS) is 25.9. The molecule has 0 radical (unpaired) electrons. The third kappa shape index (κ3) is 9.54. The molecule has 7 nitrogen and oxygen atoms in total. The van der Waals surface area contributed by atoms with Crippen molar-refractivity contribution >= 4 is 29.9 Å². The molecule has 8 heteroatoms. The maximum absolute atomic E-state index is 6.14. The first kappa shape index (κ1) is 26.1. The Kier molecular flexibility index (Phi) is 13.6. The van der Waals surface area contributed by atoms with Crippen molar-refractivity contribution in [3.8, 4) is 0 Å². The molecule has 3 rings (SSSR count). The van der Waals surface area contributed by atoms with E-state index < -0.39 is 0 Å². The van der Waals surface area contributed by atoms with Crippen molar-refractivity contribution in [1.82, 2.24) is 10.2 Å². The first-order valence-corrected chi connectivity index (χ1v) is 11.8. The van der Waals surface area contributed by atoms with E-state index in [1.165, 1.54) is 12.8 Å². The standard InChI is InChI=1S/C22H41N3O4.HI/c1-2-23-22(24-10-5-13-26-16-19-9-15-27-17-19)25-11-7-20(8-12-25)29-18-21-6-3-4-14-28-21;/h19-21H,2-18H2,1H3,(H,23,24);1H. The summed E-state index contributed by atoms with van der Waals surface area (Å²) in [5.41, 5.74) is 0. The van der Waals surface area contributed by atoms with Gasteiger partial charge >= 0.3 is 0 Å². The molecule has 0 aliphatic carbocycles. The summed E-state index contributed by atoms with van der Waals surface area (Å²) >= 11 is 0. The van der Waals surface area contributed by atoms with Crippen molar-refractivity contribution in [3.63, 3.8) is 0 Å². The molecule has 2 atom stereocenters. The van der Waals surface area contributed by atoms with E-state index in [1.807, 2.05) is 0 Å². The maximum Gasteiger partial charge on any atom is 0.193 e. The van der Waals surface area contributed by atoms with Crippen LogP contribution in [0.4, 0.5) is 0 Å². The summed E-state index contributed by atoms with van der Waals surface area (Å²) < 4.78 is 23.1. The molecule has 0 saturated carbocycles. The Morgan fingerprint density at radius 2 is 1.97 bits per heavy atom. The summed E-state index contributed by atoms with van der Waals surface area (Å²) in [6.45, 7) is 10.8. The average Bonchev–Trinajstić information content (AvgIpc) is 3.29. The fraction of sp³-hybridized carbons (Fsp3) is 0.955. The molecule has 1 N–H and O–H groups in total. The van der Waals surface area contributed by atoms with Crippen LogP contribution in [0, 0.1) is 5.92 Å². The Hall–Kier alpha value is -0.160. The molecule has 30 heavy (non-hydrogen) atoms. The van der Waals surface area contributed by atoms with Gasteiger partial charge in [-0.25, -0.2) is 0 Å². The number of nitrogens with zero attached hydrogens (tertiary/aromatic N) is 2. The number of piperidine rings is 1. The Balaban J connectivity index is 0.00000320. The molecule has 0 bridgehead atoms. The lowest BCUT2D eigenvalue weighted by atomic mass is 10.1. The van der Waals surface area contributed by atoms with Gasteiger partial charge in [0.2, 0.25) is 0 Å². The SMILES string of the molecule is CCNC(=NCCCOCC1CCOC1)N1CCC(OCC2CCCCO2)CC1.I. The highest BCUT2D eigenvalue weighted by Crippen LogP contribution is 2.18. The molecule has 3 fully saturated rings.